The van der Waals surface area contributed by atoms with Crippen molar-refractivity contribution in [2.24, 2.45) is 0 Å². The molecule has 0 saturated heterocycles. The van der Waals surface area contributed by atoms with E-state index in [9.17, 15) is 9.18 Å². The van der Waals surface area contributed by atoms with Crippen molar-refractivity contribution in [1.29, 1.82) is 0 Å². The monoisotopic (exact) mass is 330 g/mol. The Morgan fingerprint density at radius 2 is 2.04 bits per heavy atom. The number of thiazole rings is 1. The van der Waals surface area contributed by atoms with E-state index in [-0.39, 0.29) is 11.7 Å². The average Bonchev–Trinajstić information content (AvgIpc) is 3.18. The van der Waals surface area contributed by atoms with Gasteiger partial charge in [0.25, 0.3) is 5.91 Å². The molecule has 1 aromatic carbocycles. The minimum absolute atomic E-state index is 0.166. The number of hydrogen-bond acceptors (Lipinski definition) is 4. The van der Waals surface area contributed by atoms with Gasteiger partial charge >= 0.3 is 0 Å². The van der Waals surface area contributed by atoms with Gasteiger partial charge in [0.05, 0.1) is 6.26 Å². The summed E-state index contributed by atoms with van der Waals surface area (Å²) in [4.78, 5) is 19.4. The van der Waals surface area contributed by atoms with E-state index in [4.69, 9.17) is 4.42 Å². The predicted octanol–water partition coefficient (Wildman–Crippen LogP) is 4.12. The van der Waals surface area contributed by atoms with Gasteiger partial charge in [-0.15, -0.1) is 11.3 Å². The van der Waals surface area contributed by atoms with Crippen molar-refractivity contribution >= 4 is 17.2 Å². The Labute approximate surface area is 137 Å². The van der Waals surface area contributed by atoms with Gasteiger partial charge in [-0.2, -0.15) is 0 Å². The SMILES string of the molecule is Cc1sc(-c2ccco2)nc1C(=O)N(C)Cc1ccc(F)cc1. The van der Waals surface area contributed by atoms with Gasteiger partial charge in [-0.3, -0.25) is 4.79 Å². The lowest BCUT2D eigenvalue weighted by molar-refractivity contribution is 0.0779. The zero-order valence-electron chi connectivity index (χ0n) is 12.7. The Morgan fingerprint density at radius 3 is 2.70 bits per heavy atom. The van der Waals surface area contributed by atoms with Crippen molar-refractivity contribution in [2.75, 3.05) is 7.05 Å². The van der Waals surface area contributed by atoms with Crippen LogP contribution in [0, 0.1) is 12.7 Å². The van der Waals surface area contributed by atoms with E-state index in [1.165, 1.54) is 23.5 Å². The molecule has 1 amide bonds. The summed E-state index contributed by atoms with van der Waals surface area (Å²) in [6.07, 6.45) is 1.58. The van der Waals surface area contributed by atoms with Crippen molar-refractivity contribution in [3.8, 4) is 10.8 Å². The lowest BCUT2D eigenvalue weighted by atomic mass is 10.2. The summed E-state index contributed by atoms with van der Waals surface area (Å²) in [5.41, 5.74) is 1.28. The molecule has 4 nitrogen and oxygen atoms in total. The number of aromatic nitrogens is 1. The fraction of sp³-hybridized carbons (Fsp3) is 0.176. The molecular weight excluding hydrogens is 315 g/mol. The minimum atomic E-state index is -0.291. The van der Waals surface area contributed by atoms with Gasteiger partial charge in [0.2, 0.25) is 0 Å². The Balaban J connectivity index is 1.78. The predicted molar refractivity (Wildman–Crippen MR) is 86.8 cm³/mol. The maximum absolute atomic E-state index is 12.9. The summed E-state index contributed by atoms with van der Waals surface area (Å²) < 4.78 is 18.3. The highest BCUT2D eigenvalue weighted by molar-refractivity contribution is 7.15. The fourth-order valence-electron chi connectivity index (χ4n) is 2.22. The highest BCUT2D eigenvalue weighted by atomic mass is 32.1. The second kappa shape index (κ2) is 6.34. The number of rotatable bonds is 4. The van der Waals surface area contributed by atoms with Crippen LogP contribution in [0.3, 0.4) is 0 Å². The van der Waals surface area contributed by atoms with E-state index in [1.807, 2.05) is 13.0 Å². The number of amides is 1. The highest BCUT2D eigenvalue weighted by Gasteiger charge is 2.20. The zero-order valence-corrected chi connectivity index (χ0v) is 13.6. The van der Waals surface area contributed by atoms with Crippen molar-refractivity contribution in [2.45, 2.75) is 13.5 Å². The molecule has 2 aromatic heterocycles. The van der Waals surface area contributed by atoms with Gasteiger partial charge in [0.15, 0.2) is 10.8 Å². The van der Waals surface area contributed by atoms with Crippen LogP contribution in [0.2, 0.25) is 0 Å². The molecule has 6 heteroatoms. The van der Waals surface area contributed by atoms with Gasteiger partial charge in [-0.05, 0) is 36.8 Å². The third-order valence-corrected chi connectivity index (χ3v) is 4.40. The second-order valence-electron chi connectivity index (χ2n) is 5.19. The van der Waals surface area contributed by atoms with E-state index >= 15 is 0 Å². The molecule has 0 saturated carbocycles. The minimum Gasteiger partial charge on any atom is -0.462 e. The van der Waals surface area contributed by atoms with Crippen LogP contribution in [-0.2, 0) is 6.54 Å². The number of aryl methyl sites for hydroxylation is 1. The first-order valence-corrected chi connectivity index (χ1v) is 7.87. The molecule has 0 aliphatic heterocycles. The molecule has 0 aliphatic carbocycles. The van der Waals surface area contributed by atoms with Crippen molar-refractivity contribution < 1.29 is 13.6 Å². The molecular formula is C17H15FN2O2S. The summed E-state index contributed by atoms with van der Waals surface area (Å²) in [5, 5.41) is 0.686. The standard InChI is InChI=1S/C17H15FN2O2S/c1-11-15(19-16(23-11)14-4-3-9-22-14)17(21)20(2)10-12-5-7-13(18)8-6-12/h3-9H,10H2,1-2H3. The molecule has 0 fully saturated rings. The summed E-state index contributed by atoms with van der Waals surface area (Å²) in [5.74, 6) is 0.195. The molecule has 0 N–H and O–H groups in total. The molecule has 3 rings (SSSR count). The molecule has 23 heavy (non-hydrogen) atoms. The van der Waals surface area contributed by atoms with E-state index < -0.39 is 0 Å². The number of nitrogens with zero attached hydrogens (tertiary/aromatic N) is 2. The first-order chi connectivity index (χ1) is 11.0. The molecule has 3 aromatic rings. The number of carbonyl (C=O) groups is 1. The Morgan fingerprint density at radius 1 is 1.30 bits per heavy atom. The van der Waals surface area contributed by atoms with Gasteiger partial charge in [-0.1, -0.05) is 12.1 Å². The number of carbonyl (C=O) groups excluding carboxylic acids is 1. The van der Waals surface area contributed by atoms with Crippen LogP contribution in [0.15, 0.2) is 47.1 Å². The molecule has 0 atom stereocenters. The molecule has 0 spiro atoms. The van der Waals surface area contributed by atoms with Crippen molar-refractivity contribution in [3.05, 3.63) is 64.6 Å². The zero-order chi connectivity index (χ0) is 16.4. The summed E-state index contributed by atoms with van der Waals surface area (Å²) in [7, 11) is 1.71. The summed E-state index contributed by atoms with van der Waals surface area (Å²) in [6, 6.07) is 9.71. The molecule has 2 heterocycles. The van der Waals surface area contributed by atoms with Crippen LogP contribution >= 0.6 is 11.3 Å². The first kappa shape index (κ1) is 15.4. The van der Waals surface area contributed by atoms with Crippen LogP contribution in [0.4, 0.5) is 4.39 Å². The lowest BCUT2D eigenvalue weighted by Gasteiger charge is -2.16. The average molecular weight is 330 g/mol. The Hall–Kier alpha value is -2.47. The highest BCUT2D eigenvalue weighted by Crippen LogP contribution is 2.28. The lowest BCUT2D eigenvalue weighted by Crippen LogP contribution is -2.27. The second-order valence-corrected chi connectivity index (χ2v) is 6.39. The fourth-order valence-corrected chi connectivity index (χ4v) is 3.09. The van der Waals surface area contributed by atoms with Gasteiger partial charge in [0, 0.05) is 18.5 Å². The van der Waals surface area contributed by atoms with E-state index in [0.717, 1.165) is 10.4 Å². The molecule has 118 valence electrons. The van der Waals surface area contributed by atoms with Crippen LogP contribution in [0.5, 0.6) is 0 Å². The smallest absolute Gasteiger partial charge is 0.273 e. The Bertz CT molecular complexity index is 810. The molecule has 0 unspecified atom stereocenters. The number of halogens is 1. The third kappa shape index (κ3) is 3.32. The number of benzene rings is 1. The summed E-state index contributed by atoms with van der Waals surface area (Å²) in [6.45, 7) is 2.26. The molecule has 0 aliphatic rings. The Kier molecular flexibility index (Phi) is 4.25. The van der Waals surface area contributed by atoms with E-state index in [1.54, 1.807) is 36.4 Å². The van der Waals surface area contributed by atoms with Gasteiger partial charge in [-0.25, -0.2) is 9.37 Å². The third-order valence-electron chi connectivity index (χ3n) is 3.41. The maximum atomic E-state index is 12.9. The van der Waals surface area contributed by atoms with E-state index in [2.05, 4.69) is 4.98 Å². The van der Waals surface area contributed by atoms with Crippen LogP contribution in [-0.4, -0.2) is 22.8 Å². The largest absolute Gasteiger partial charge is 0.462 e. The molecule has 0 bridgehead atoms. The van der Waals surface area contributed by atoms with Crippen molar-refractivity contribution in [1.82, 2.24) is 9.88 Å². The number of furan rings is 1. The maximum Gasteiger partial charge on any atom is 0.273 e. The molecule has 0 radical (unpaired) electrons. The van der Waals surface area contributed by atoms with Crippen LogP contribution in [0.1, 0.15) is 20.9 Å². The van der Waals surface area contributed by atoms with Crippen LogP contribution < -0.4 is 0 Å². The van der Waals surface area contributed by atoms with Crippen LogP contribution in [0.25, 0.3) is 10.8 Å². The van der Waals surface area contributed by atoms with E-state index in [0.29, 0.717) is 23.0 Å². The van der Waals surface area contributed by atoms with Crippen molar-refractivity contribution in [3.63, 3.8) is 0 Å². The number of hydrogen-bond donors (Lipinski definition) is 0. The summed E-state index contributed by atoms with van der Waals surface area (Å²) >= 11 is 1.42. The quantitative estimate of drug-likeness (QED) is 0.723. The van der Waals surface area contributed by atoms with Gasteiger partial charge in [0.1, 0.15) is 11.5 Å². The topological polar surface area (TPSA) is 46.3 Å². The first-order valence-electron chi connectivity index (χ1n) is 7.06. The normalized spacial score (nSPS) is 10.7. The van der Waals surface area contributed by atoms with Gasteiger partial charge < -0.3 is 9.32 Å².